The Balaban J connectivity index is 3.29. The Hall–Kier alpha value is -1.51. The summed E-state index contributed by atoms with van der Waals surface area (Å²) < 4.78 is 12.5. The minimum absolute atomic E-state index is 0.0995. The molecular formula is C9H7FO2. The number of aldehydes is 1. The number of hydrogen-bond donors (Lipinski definition) is 0. The summed E-state index contributed by atoms with van der Waals surface area (Å²) in [5.41, 5.74) is 0.355. The summed E-state index contributed by atoms with van der Waals surface area (Å²) in [4.78, 5) is 21.2. The smallest absolute Gasteiger partial charge is 0.160 e. The zero-order valence-electron chi connectivity index (χ0n) is 6.50. The van der Waals surface area contributed by atoms with E-state index < -0.39 is 5.82 Å². The van der Waals surface area contributed by atoms with Crippen LogP contribution in [0.5, 0.6) is 0 Å². The number of carbonyl (C=O) groups excluding carboxylic acids is 2. The maximum atomic E-state index is 12.5. The number of Topliss-reactive ketones (excluding diaryl/α,β-unsaturated/α-hetero) is 1. The first-order chi connectivity index (χ1) is 5.65. The molecule has 0 N–H and O–H groups in total. The van der Waals surface area contributed by atoms with Crippen LogP contribution in [0.15, 0.2) is 18.2 Å². The standard InChI is InChI=1S/C9H7FO2/c1-6(12)9-3-2-8(10)4-7(9)5-11/h2-5H,1H3. The lowest BCUT2D eigenvalue weighted by Crippen LogP contribution is -1.98. The van der Waals surface area contributed by atoms with Crippen LogP contribution in [-0.4, -0.2) is 12.1 Å². The molecule has 1 aromatic carbocycles. The molecule has 0 spiro atoms. The molecule has 1 rings (SSSR count). The van der Waals surface area contributed by atoms with Gasteiger partial charge in [-0.2, -0.15) is 0 Å². The molecule has 0 amide bonds. The molecule has 12 heavy (non-hydrogen) atoms. The highest BCUT2D eigenvalue weighted by Crippen LogP contribution is 2.09. The largest absolute Gasteiger partial charge is 0.298 e. The molecule has 62 valence electrons. The number of halogens is 1. The molecule has 1 aromatic rings. The molecule has 0 atom stereocenters. The molecule has 0 aliphatic heterocycles. The van der Waals surface area contributed by atoms with Crippen LogP contribution in [-0.2, 0) is 0 Å². The molecule has 3 heteroatoms. The van der Waals surface area contributed by atoms with Gasteiger partial charge >= 0.3 is 0 Å². The maximum Gasteiger partial charge on any atom is 0.160 e. The van der Waals surface area contributed by atoms with Gasteiger partial charge in [0.05, 0.1) is 0 Å². The number of rotatable bonds is 2. The summed E-state index contributed by atoms with van der Waals surface area (Å²) >= 11 is 0. The summed E-state index contributed by atoms with van der Waals surface area (Å²) in [6, 6.07) is 3.51. The predicted octanol–water partition coefficient (Wildman–Crippen LogP) is 1.84. The van der Waals surface area contributed by atoms with Crippen LogP contribution >= 0.6 is 0 Å². The van der Waals surface area contributed by atoms with Gasteiger partial charge in [0.15, 0.2) is 12.1 Å². The molecule has 0 heterocycles. The zero-order chi connectivity index (χ0) is 9.14. The third kappa shape index (κ3) is 1.56. The van der Waals surface area contributed by atoms with Crippen molar-refractivity contribution in [1.82, 2.24) is 0 Å². The van der Waals surface area contributed by atoms with E-state index in [1.807, 2.05) is 0 Å². The second kappa shape index (κ2) is 3.26. The topological polar surface area (TPSA) is 34.1 Å². The fourth-order valence-electron chi connectivity index (χ4n) is 0.952. The second-order valence-corrected chi connectivity index (χ2v) is 2.41. The first kappa shape index (κ1) is 8.59. The molecule has 0 aliphatic carbocycles. The molecular weight excluding hydrogens is 159 g/mol. The number of benzene rings is 1. The van der Waals surface area contributed by atoms with Crippen molar-refractivity contribution in [3.8, 4) is 0 Å². The Morgan fingerprint density at radius 2 is 2.17 bits per heavy atom. The fourth-order valence-corrected chi connectivity index (χ4v) is 0.952. The molecule has 0 unspecified atom stereocenters. The van der Waals surface area contributed by atoms with Crippen molar-refractivity contribution in [2.75, 3.05) is 0 Å². The Morgan fingerprint density at radius 1 is 1.50 bits per heavy atom. The average molecular weight is 166 g/mol. The Kier molecular flexibility index (Phi) is 2.33. The van der Waals surface area contributed by atoms with Crippen molar-refractivity contribution in [3.63, 3.8) is 0 Å². The van der Waals surface area contributed by atoms with Crippen molar-refractivity contribution >= 4 is 12.1 Å². The number of ketones is 1. The summed E-state index contributed by atoms with van der Waals surface area (Å²) in [5, 5.41) is 0. The van der Waals surface area contributed by atoms with Crippen LogP contribution in [0.4, 0.5) is 4.39 Å². The molecule has 0 aliphatic rings. The average Bonchev–Trinajstić information content (AvgIpc) is 2.03. The van der Waals surface area contributed by atoms with Gasteiger partial charge in [0, 0.05) is 11.1 Å². The van der Waals surface area contributed by atoms with Crippen LogP contribution in [0.1, 0.15) is 27.6 Å². The van der Waals surface area contributed by atoms with Gasteiger partial charge < -0.3 is 0 Å². The molecule has 0 saturated carbocycles. The first-order valence-electron chi connectivity index (χ1n) is 3.41. The summed E-state index contributed by atoms with van der Waals surface area (Å²) in [5.74, 6) is -0.751. The fraction of sp³-hybridized carbons (Fsp3) is 0.111. The Morgan fingerprint density at radius 3 is 2.67 bits per heavy atom. The van der Waals surface area contributed by atoms with Crippen molar-refractivity contribution in [1.29, 1.82) is 0 Å². The predicted molar refractivity (Wildman–Crippen MR) is 41.8 cm³/mol. The minimum atomic E-state index is -0.512. The van der Waals surface area contributed by atoms with E-state index in [-0.39, 0.29) is 16.9 Å². The van der Waals surface area contributed by atoms with E-state index in [0.29, 0.717) is 6.29 Å². The first-order valence-corrected chi connectivity index (χ1v) is 3.41. The summed E-state index contributed by atoms with van der Waals surface area (Å²) in [6.45, 7) is 1.33. The van der Waals surface area contributed by atoms with E-state index in [1.165, 1.54) is 13.0 Å². The summed E-state index contributed by atoms with van der Waals surface area (Å²) in [6.07, 6.45) is 0.472. The van der Waals surface area contributed by atoms with Gasteiger partial charge in [-0.05, 0) is 25.1 Å². The lowest BCUT2D eigenvalue weighted by molar-refractivity contribution is 0.100. The van der Waals surface area contributed by atoms with Gasteiger partial charge in [-0.15, -0.1) is 0 Å². The Labute approximate surface area is 69.0 Å². The van der Waals surface area contributed by atoms with E-state index in [1.54, 1.807) is 0 Å². The van der Waals surface area contributed by atoms with Gasteiger partial charge in [-0.1, -0.05) is 0 Å². The lowest BCUT2D eigenvalue weighted by atomic mass is 10.1. The molecule has 0 radical (unpaired) electrons. The van der Waals surface area contributed by atoms with E-state index in [9.17, 15) is 14.0 Å². The molecule has 0 aromatic heterocycles. The molecule has 0 saturated heterocycles. The van der Waals surface area contributed by atoms with E-state index in [0.717, 1.165) is 12.1 Å². The van der Waals surface area contributed by atoms with Crippen molar-refractivity contribution < 1.29 is 14.0 Å². The third-order valence-electron chi connectivity index (χ3n) is 1.52. The SMILES string of the molecule is CC(=O)c1ccc(F)cc1C=O. The minimum Gasteiger partial charge on any atom is -0.298 e. The quantitative estimate of drug-likeness (QED) is 0.496. The van der Waals surface area contributed by atoms with Crippen molar-refractivity contribution in [2.45, 2.75) is 6.92 Å². The molecule has 2 nitrogen and oxygen atoms in total. The Bertz CT molecular complexity index is 331. The normalized spacial score (nSPS) is 9.50. The third-order valence-corrected chi connectivity index (χ3v) is 1.52. The van der Waals surface area contributed by atoms with E-state index in [2.05, 4.69) is 0 Å². The lowest BCUT2D eigenvalue weighted by Gasteiger charge is -1.98. The van der Waals surface area contributed by atoms with Gasteiger partial charge in [0.1, 0.15) is 5.82 Å². The summed E-state index contributed by atoms with van der Waals surface area (Å²) in [7, 11) is 0. The number of carbonyl (C=O) groups is 2. The van der Waals surface area contributed by atoms with Crippen LogP contribution in [0.2, 0.25) is 0 Å². The van der Waals surface area contributed by atoms with Crippen molar-refractivity contribution in [2.24, 2.45) is 0 Å². The van der Waals surface area contributed by atoms with Crippen LogP contribution < -0.4 is 0 Å². The van der Waals surface area contributed by atoms with E-state index in [4.69, 9.17) is 0 Å². The zero-order valence-corrected chi connectivity index (χ0v) is 6.50. The number of hydrogen-bond acceptors (Lipinski definition) is 2. The van der Waals surface area contributed by atoms with Crippen LogP contribution in [0.25, 0.3) is 0 Å². The van der Waals surface area contributed by atoms with Crippen LogP contribution in [0.3, 0.4) is 0 Å². The highest BCUT2D eigenvalue weighted by molar-refractivity contribution is 6.01. The highest BCUT2D eigenvalue weighted by Gasteiger charge is 2.06. The van der Waals surface area contributed by atoms with Gasteiger partial charge in [0.25, 0.3) is 0 Å². The van der Waals surface area contributed by atoms with Gasteiger partial charge in [-0.25, -0.2) is 4.39 Å². The maximum absolute atomic E-state index is 12.5. The van der Waals surface area contributed by atoms with Gasteiger partial charge in [0.2, 0.25) is 0 Å². The monoisotopic (exact) mass is 166 g/mol. The van der Waals surface area contributed by atoms with Gasteiger partial charge in [-0.3, -0.25) is 9.59 Å². The highest BCUT2D eigenvalue weighted by atomic mass is 19.1. The van der Waals surface area contributed by atoms with Crippen LogP contribution in [0, 0.1) is 5.82 Å². The van der Waals surface area contributed by atoms with Crippen molar-refractivity contribution in [3.05, 3.63) is 35.1 Å². The second-order valence-electron chi connectivity index (χ2n) is 2.41. The molecule has 0 fully saturated rings. The van der Waals surface area contributed by atoms with E-state index >= 15 is 0 Å². The molecule has 0 bridgehead atoms.